The van der Waals surface area contributed by atoms with Gasteiger partial charge in [-0.3, -0.25) is 9.59 Å². The molecule has 0 saturated heterocycles. The predicted octanol–water partition coefficient (Wildman–Crippen LogP) is 16.1. The lowest BCUT2D eigenvalue weighted by atomic mass is 10.1. The highest BCUT2D eigenvalue weighted by molar-refractivity contribution is 5.70. The number of allylic oxidation sites excluding steroid dienone is 14. The maximum absolute atomic E-state index is 12.8. The minimum absolute atomic E-state index is 0.0547. The molecule has 0 saturated carbocycles. The molecule has 0 bridgehead atoms. The Morgan fingerprint density at radius 2 is 0.776 bits per heavy atom. The van der Waals surface area contributed by atoms with E-state index in [2.05, 4.69) is 106 Å². The van der Waals surface area contributed by atoms with Crippen molar-refractivity contribution >= 4 is 11.9 Å². The molecule has 0 rings (SSSR count). The van der Waals surface area contributed by atoms with Gasteiger partial charge in [-0.15, -0.1) is 0 Å². The highest BCUT2D eigenvalue weighted by atomic mass is 16.6. The zero-order valence-electron chi connectivity index (χ0n) is 38.0. The summed E-state index contributed by atoms with van der Waals surface area (Å²) in [6.07, 6.45) is 63.0. The Kier molecular flexibility index (Phi) is 46.0. The normalized spacial score (nSPS) is 12.9. The standard InChI is InChI=1S/C53H90O5/c1-4-7-10-13-16-19-22-25-27-29-31-34-37-40-43-46-52(54)57-50-51(49-56-48-45-42-39-36-33-24-21-18-15-12-9-6-3)58-53(55)47-44-41-38-35-32-30-28-26-23-20-17-14-11-8-5-2/h7-8,10-11,16-17,19-20,25-28,31,34,51H,4-6,9,12-15,18,21-24,29-30,32-33,35-50H2,1-3H3/b10-7-,11-8-,19-16-,20-17-,27-25-,28-26-,34-31-. The quantitative estimate of drug-likeness (QED) is 0.0349. The molecule has 5 heteroatoms. The summed E-state index contributed by atoms with van der Waals surface area (Å²) < 4.78 is 17.3. The van der Waals surface area contributed by atoms with Crippen LogP contribution >= 0.6 is 0 Å². The molecule has 0 heterocycles. The van der Waals surface area contributed by atoms with Gasteiger partial charge in [-0.05, 0) is 89.9 Å². The summed E-state index contributed by atoms with van der Waals surface area (Å²) in [6.45, 7) is 7.54. The van der Waals surface area contributed by atoms with E-state index in [1.54, 1.807) is 0 Å². The summed E-state index contributed by atoms with van der Waals surface area (Å²) in [5.41, 5.74) is 0. The van der Waals surface area contributed by atoms with Crippen LogP contribution in [0.25, 0.3) is 0 Å². The van der Waals surface area contributed by atoms with Crippen LogP contribution in [0.1, 0.15) is 213 Å². The molecule has 0 N–H and O–H groups in total. The first-order valence-corrected chi connectivity index (χ1v) is 24.1. The van der Waals surface area contributed by atoms with Gasteiger partial charge in [0.15, 0.2) is 6.10 Å². The van der Waals surface area contributed by atoms with Gasteiger partial charge >= 0.3 is 11.9 Å². The molecule has 0 aromatic heterocycles. The molecule has 5 nitrogen and oxygen atoms in total. The van der Waals surface area contributed by atoms with E-state index in [0.29, 0.717) is 19.4 Å². The van der Waals surface area contributed by atoms with Gasteiger partial charge < -0.3 is 14.2 Å². The van der Waals surface area contributed by atoms with Crippen LogP contribution in [0.4, 0.5) is 0 Å². The molecule has 0 aliphatic rings. The van der Waals surface area contributed by atoms with Crippen molar-refractivity contribution in [2.45, 2.75) is 219 Å². The van der Waals surface area contributed by atoms with Gasteiger partial charge in [0, 0.05) is 19.4 Å². The average Bonchev–Trinajstić information content (AvgIpc) is 3.22. The Hall–Kier alpha value is -2.92. The van der Waals surface area contributed by atoms with E-state index in [4.69, 9.17) is 14.2 Å². The number of unbranched alkanes of at least 4 members (excludes halogenated alkanes) is 18. The number of hydrogen-bond acceptors (Lipinski definition) is 5. The Labute approximate surface area is 359 Å². The molecule has 0 fully saturated rings. The maximum Gasteiger partial charge on any atom is 0.306 e. The Bertz CT molecular complexity index is 1090. The molecule has 0 aromatic carbocycles. The average molecular weight is 807 g/mol. The molecule has 332 valence electrons. The number of rotatable bonds is 43. The van der Waals surface area contributed by atoms with Crippen LogP contribution in [0.15, 0.2) is 85.1 Å². The molecular formula is C53H90O5. The third-order valence-electron chi connectivity index (χ3n) is 9.93. The summed E-state index contributed by atoms with van der Waals surface area (Å²) in [5.74, 6) is -0.465. The molecule has 1 unspecified atom stereocenters. The summed E-state index contributed by atoms with van der Waals surface area (Å²) in [7, 11) is 0. The van der Waals surface area contributed by atoms with Crippen molar-refractivity contribution in [2.24, 2.45) is 0 Å². The van der Waals surface area contributed by atoms with Crippen LogP contribution in [0, 0.1) is 0 Å². The predicted molar refractivity (Wildman–Crippen MR) is 251 cm³/mol. The zero-order chi connectivity index (χ0) is 42.1. The van der Waals surface area contributed by atoms with Gasteiger partial charge in [0.1, 0.15) is 6.61 Å². The van der Waals surface area contributed by atoms with Crippen molar-refractivity contribution in [2.75, 3.05) is 19.8 Å². The number of carbonyl (C=O) groups excluding carboxylic acids is 2. The highest BCUT2D eigenvalue weighted by Gasteiger charge is 2.17. The fourth-order valence-electron chi connectivity index (χ4n) is 6.40. The number of ether oxygens (including phenoxy) is 3. The lowest BCUT2D eigenvalue weighted by Crippen LogP contribution is -2.30. The lowest BCUT2D eigenvalue weighted by Gasteiger charge is -2.18. The van der Waals surface area contributed by atoms with Crippen LogP contribution in [0.2, 0.25) is 0 Å². The highest BCUT2D eigenvalue weighted by Crippen LogP contribution is 2.13. The van der Waals surface area contributed by atoms with Crippen LogP contribution in [-0.2, 0) is 23.8 Å². The monoisotopic (exact) mass is 807 g/mol. The van der Waals surface area contributed by atoms with E-state index in [-0.39, 0.29) is 25.2 Å². The van der Waals surface area contributed by atoms with E-state index >= 15 is 0 Å². The van der Waals surface area contributed by atoms with E-state index in [9.17, 15) is 9.59 Å². The van der Waals surface area contributed by atoms with Crippen LogP contribution < -0.4 is 0 Å². The molecule has 0 radical (unpaired) electrons. The van der Waals surface area contributed by atoms with Crippen molar-refractivity contribution < 1.29 is 23.8 Å². The third-order valence-corrected chi connectivity index (χ3v) is 9.93. The Morgan fingerprint density at radius 3 is 1.28 bits per heavy atom. The molecule has 0 aliphatic carbocycles. The van der Waals surface area contributed by atoms with Gasteiger partial charge in [0.05, 0.1) is 6.61 Å². The van der Waals surface area contributed by atoms with Crippen LogP contribution in [0.3, 0.4) is 0 Å². The molecule has 0 amide bonds. The minimum Gasteiger partial charge on any atom is -0.462 e. The largest absolute Gasteiger partial charge is 0.462 e. The molecule has 1 atom stereocenters. The van der Waals surface area contributed by atoms with Crippen LogP contribution in [-0.4, -0.2) is 37.9 Å². The molecule has 0 spiro atoms. The van der Waals surface area contributed by atoms with Gasteiger partial charge in [0.2, 0.25) is 0 Å². The van der Waals surface area contributed by atoms with Gasteiger partial charge in [0.25, 0.3) is 0 Å². The molecule has 0 aromatic rings. The number of esters is 2. The van der Waals surface area contributed by atoms with E-state index < -0.39 is 6.10 Å². The fraction of sp³-hybridized carbons (Fsp3) is 0.698. The number of carbonyl (C=O) groups is 2. The molecular weight excluding hydrogens is 717 g/mol. The second kappa shape index (κ2) is 48.4. The van der Waals surface area contributed by atoms with Crippen molar-refractivity contribution in [3.8, 4) is 0 Å². The van der Waals surface area contributed by atoms with E-state index in [1.807, 2.05) is 0 Å². The lowest BCUT2D eigenvalue weighted by molar-refractivity contribution is -0.163. The van der Waals surface area contributed by atoms with Crippen molar-refractivity contribution in [1.82, 2.24) is 0 Å². The maximum atomic E-state index is 12.8. The molecule has 0 aliphatic heterocycles. The topological polar surface area (TPSA) is 61.8 Å². The van der Waals surface area contributed by atoms with Crippen molar-refractivity contribution in [1.29, 1.82) is 0 Å². The first-order valence-electron chi connectivity index (χ1n) is 24.1. The van der Waals surface area contributed by atoms with E-state index in [1.165, 1.54) is 77.0 Å². The van der Waals surface area contributed by atoms with Gasteiger partial charge in [-0.2, -0.15) is 0 Å². The molecule has 58 heavy (non-hydrogen) atoms. The first kappa shape index (κ1) is 55.1. The van der Waals surface area contributed by atoms with Gasteiger partial charge in [-0.1, -0.05) is 196 Å². The smallest absolute Gasteiger partial charge is 0.306 e. The number of hydrogen-bond donors (Lipinski definition) is 0. The van der Waals surface area contributed by atoms with E-state index in [0.717, 1.165) is 103 Å². The summed E-state index contributed by atoms with van der Waals surface area (Å²) in [4.78, 5) is 25.3. The summed E-state index contributed by atoms with van der Waals surface area (Å²) >= 11 is 0. The van der Waals surface area contributed by atoms with Crippen molar-refractivity contribution in [3.63, 3.8) is 0 Å². The second-order valence-corrected chi connectivity index (χ2v) is 15.6. The first-order chi connectivity index (χ1) is 28.6. The Balaban J connectivity index is 4.37. The third kappa shape index (κ3) is 45.8. The Morgan fingerprint density at radius 1 is 0.397 bits per heavy atom. The van der Waals surface area contributed by atoms with Crippen molar-refractivity contribution in [3.05, 3.63) is 85.1 Å². The SMILES string of the molecule is CC/C=C\C/C=C\C/C=C\C/C=C\CCCCC(=O)OCC(COCCCCCCCCCCCCCC)OC(=O)CCCCCCC/C=C\C/C=C\C/C=C\CC. The summed E-state index contributed by atoms with van der Waals surface area (Å²) in [6, 6.07) is 0. The minimum atomic E-state index is -0.562. The second-order valence-electron chi connectivity index (χ2n) is 15.6. The zero-order valence-corrected chi connectivity index (χ0v) is 38.0. The van der Waals surface area contributed by atoms with Gasteiger partial charge in [-0.25, -0.2) is 0 Å². The van der Waals surface area contributed by atoms with Crippen LogP contribution in [0.5, 0.6) is 0 Å². The fourth-order valence-corrected chi connectivity index (χ4v) is 6.40. The summed E-state index contributed by atoms with van der Waals surface area (Å²) in [5, 5.41) is 0.